The third kappa shape index (κ3) is 6.61. The van der Waals surface area contributed by atoms with E-state index < -0.39 is 5.97 Å². The molecule has 2 atom stereocenters. The van der Waals surface area contributed by atoms with Crippen LogP contribution in [0.4, 0.5) is 0 Å². The minimum atomic E-state index is -0.990. The largest absolute Gasteiger partial charge is 0 e. The molecule has 9 heteroatoms. The predicted molar refractivity (Wildman–Crippen MR) is 83.1 cm³/mol. The van der Waals surface area contributed by atoms with Crippen LogP contribution in [0.15, 0.2) is 36.4 Å². The van der Waals surface area contributed by atoms with Gasteiger partial charge in [0.1, 0.15) is 0 Å². The number of methoxy groups -OCH3 is 1. The Morgan fingerprint density at radius 1 is 1.07 bits per heavy atom. The Morgan fingerprint density at radius 2 is 1.59 bits per heavy atom. The van der Waals surface area contributed by atoms with E-state index >= 15 is 0 Å². The number of ether oxygens (including phenoxy) is 3. The maximum atomic E-state index is 11.5. The fourth-order valence-electron chi connectivity index (χ4n) is 2.51. The Hall–Kier alpha value is -2.53. The Balaban J connectivity index is 0. The average Bonchev–Trinajstić information content (AvgIpc) is 3.19. The summed E-state index contributed by atoms with van der Waals surface area (Å²) in [7, 11) is 1.61. The molecular weight excluding hydrogens is 400 g/mol. The van der Waals surface area contributed by atoms with Gasteiger partial charge in [-0.1, -0.05) is 24.3 Å². The van der Waals surface area contributed by atoms with Gasteiger partial charge >= 0.3 is 39.9 Å². The second-order valence-corrected chi connectivity index (χ2v) is 4.59. The summed E-state index contributed by atoms with van der Waals surface area (Å²) in [5.41, 5.74) is 0.871. The summed E-state index contributed by atoms with van der Waals surface area (Å²) in [5, 5.41) is 9.41. The van der Waals surface area contributed by atoms with Crippen molar-refractivity contribution in [3.05, 3.63) is 67.5 Å². The maximum absolute atomic E-state index is 11.5. The zero-order valence-electron chi connectivity index (χ0n) is 14.0. The molecule has 1 heterocycles. The van der Waals surface area contributed by atoms with Gasteiger partial charge in [0, 0.05) is 30.1 Å². The van der Waals surface area contributed by atoms with E-state index in [1.807, 2.05) is 24.3 Å². The Bertz CT molecular complexity index is 719. The summed E-state index contributed by atoms with van der Waals surface area (Å²) in [6.07, 6.45) is 7.41. The van der Waals surface area contributed by atoms with Crippen LogP contribution in [0.25, 0.3) is 0 Å². The van der Waals surface area contributed by atoms with Crippen LogP contribution >= 0.6 is 0 Å². The van der Waals surface area contributed by atoms with Crippen molar-refractivity contribution in [2.45, 2.75) is 12.0 Å². The molecule has 142 valence electrons. The molecule has 0 unspecified atom stereocenters. The number of carboxylic acid groups (broad SMARTS) is 1. The number of allylic oxidation sites excluding steroid dienone is 2. The number of hydrogen-bond donors (Lipinski definition) is 1. The van der Waals surface area contributed by atoms with Crippen LogP contribution < -0.4 is 9.47 Å². The van der Waals surface area contributed by atoms with Gasteiger partial charge in [0.2, 0.25) is 6.79 Å². The summed E-state index contributed by atoms with van der Waals surface area (Å²) < 4.78 is 38.5. The zero-order chi connectivity index (χ0) is 20.1. The third-order valence-electron chi connectivity index (χ3n) is 3.49. The average molecular weight is 414 g/mol. The van der Waals surface area contributed by atoms with Crippen LogP contribution in [-0.2, 0) is 35.8 Å². The SMILES string of the molecule is CO[C@H]1C=CC=C[C@@H]1c1cc2c(cc1C(=O)O)OCO2.[C-]#[O+].[C-]#[O+].[C-]#[O+].[Fe]. The second kappa shape index (κ2) is 14.6. The molecule has 1 N–H and O–H groups in total. The van der Waals surface area contributed by atoms with Crippen molar-refractivity contribution >= 4 is 5.97 Å². The van der Waals surface area contributed by atoms with Gasteiger partial charge < -0.3 is 19.3 Å². The number of aromatic carboxylic acids is 1. The van der Waals surface area contributed by atoms with Crippen molar-refractivity contribution in [2.24, 2.45) is 0 Å². The number of carboxylic acids is 1. The van der Waals surface area contributed by atoms with E-state index in [2.05, 4.69) is 20.0 Å². The summed E-state index contributed by atoms with van der Waals surface area (Å²) in [4.78, 5) is 11.5. The first-order chi connectivity index (χ1) is 12.7. The predicted octanol–water partition coefficient (Wildman–Crippen LogP) is 2.22. The fraction of sp³-hybridized carbons (Fsp3) is 0.222. The van der Waals surface area contributed by atoms with Gasteiger partial charge in [0.05, 0.1) is 11.7 Å². The van der Waals surface area contributed by atoms with Crippen LogP contribution in [0.1, 0.15) is 21.8 Å². The quantitative estimate of drug-likeness (QED) is 0.461. The molecule has 1 aliphatic carbocycles. The number of benzene rings is 1. The van der Waals surface area contributed by atoms with Crippen LogP contribution in [-0.4, -0.2) is 31.1 Å². The zero-order valence-corrected chi connectivity index (χ0v) is 15.1. The maximum Gasteiger partial charge on any atom is 0 e. The first kappa shape index (κ1) is 26.7. The molecule has 0 bridgehead atoms. The van der Waals surface area contributed by atoms with E-state index in [0.29, 0.717) is 17.1 Å². The monoisotopic (exact) mass is 414 g/mol. The molecule has 1 aromatic carbocycles. The number of fused-ring (bicyclic) bond motifs is 1. The summed E-state index contributed by atoms with van der Waals surface area (Å²) in [6, 6.07) is 3.24. The van der Waals surface area contributed by atoms with Gasteiger partial charge in [-0.2, -0.15) is 0 Å². The van der Waals surface area contributed by atoms with Crippen molar-refractivity contribution in [2.75, 3.05) is 13.9 Å². The van der Waals surface area contributed by atoms with Crippen molar-refractivity contribution in [1.82, 2.24) is 0 Å². The molecule has 0 spiro atoms. The number of carbonyl (C=O) groups is 1. The number of hydrogen-bond acceptors (Lipinski definition) is 4. The molecule has 3 rings (SSSR count). The molecular formula is C18H14FeO8. The van der Waals surface area contributed by atoms with Crippen molar-refractivity contribution in [1.29, 1.82) is 0 Å². The first-order valence-corrected chi connectivity index (χ1v) is 6.86. The number of rotatable bonds is 3. The van der Waals surface area contributed by atoms with E-state index in [1.54, 1.807) is 13.2 Å². The van der Waals surface area contributed by atoms with Crippen molar-refractivity contribution in [3.63, 3.8) is 0 Å². The molecule has 0 aromatic heterocycles. The van der Waals surface area contributed by atoms with Gasteiger partial charge in [-0.05, 0) is 17.7 Å². The third-order valence-corrected chi connectivity index (χ3v) is 3.49. The van der Waals surface area contributed by atoms with Gasteiger partial charge in [-0.3, -0.25) is 0 Å². The molecule has 0 fully saturated rings. The van der Waals surface area contributed by atoms with Gasteiger partial charge in [-0.15, -0.1) is 0 Å². The molecule has 0 saturated carbocycles. The van der Waals surface area contributed by atoms with E-state index in [9.17, 15) is 9.90 Å². The minimum absolute atomic E-state index is 0. The Labute approximate surface area is 166 Å². The normalized spacial score (nSPS) is 17.3. The molecule has 0 saturated heterocycles. The van der Waals surface area contributed by atoms with E-state index in [0.717, 1.165) is 0 Å². The van der Waals surface area contributed by atoms with Crippen LogP contribution in [0.5, 0.6) is 11.5 Å². The standard InChI is InChI=1S/C15H14O5.3CO.Fe/c1-18-12-5-3-2-4-9(12)10-6-13-14(20-8-19-13)7-11(10)15(16)17;3*1-2;/h2-7,9,12H,8H2,1H3,(H,16,17);;;;/t9-,12+;;;;/m1..../s1. The Morgan fingerprint density at radius 3 is 2.11 bits per heavy atom. The molecule has 27 heavy (non-hydrogen) atoms. The minimum Gasteiger partial charge on any atom is 0 e. The van der Waals surface area contributed by atoms with Crippen molar-refractivity contribution in [3.8, 4) is 11.5 Å². The molecule has 8 nitrogen and oxygen atoms in total. The fourth-order valence-corrected chi connectivity index (χ4v) is 2.51. The second-order valence-electron chi connectivity index (χ2n) is 4.59. The van der Waals surface area contributed by atoms with E-state index in [-0.39, 0.29) is 41.4 Å². The first-order valence-electron chi connectivity index (χ1n) is 6.86. The van der Waals surface area contributed by atoms with Gasteiger partial charge in [-0.25, -0.2) is 4.79 Å². The summed E-state index contributed by atoms with van der Waals surface area (Å²) in [5.74, 6) is -0.111. The van der Waals surface area contributed by atoms with E-state index in [4.69, 9.17) is 28.2 Å². The molecule has 1 aliphatic heterocycles. The Kier molecular flexibility index (Phi) is 14.5. The van der Waals surface area contributed by atoms with E-state index in [1.165, 1.54) is 6.07 Å². The molecule has 0 amide bonds. The summed E-state index contributed by atoms with van der Waals surface area (Å²) in [6.45, 7) is 13.6. The topological polar surface area (TPSA) is 125 Å². The smallest absolute Gasteiger partial charge is 0 e. The summed E-state index contributed by atoms with van der Waals surface area (Å²) >= 11 is 0. The molecule has 0 radical (unpaired) electrons. The van der Waals surface area contributed by atoms with Gasteiger partial charge in [0.15, 0.2) is 11.5 Å². The van der Waals surface area contributed by atoms with Crippen molar-refractivity contribution < 1.29 is 55.1 Å². The van der Waals surface area contributed by atoms with Crippen LogP contribution in [0, 0.1) is 20.0 Å². The van der Waals surface area contributed by atoms with Crippen LogP contribution in [0.2, 0.25) is 0 Å². The molecule has 1 aromatic rings. The molecule has 2 aliphatic rings. The van der Waals surface area contributed by atoms with Crippen LogP contribution in [0.3, 0.4) is 0 Å². The van der Waals surface area contributed by atoms with Gasteiger partial charge in [0.25, 0.3) is 0 Å².